The Morgan fingerprint density at radius 3 is 2.28 bits per heavy atom. The fraction of sp³-hybridized carbons (Fsp3) is 0.500. The van der Waals surface area contributed by atoms with Crippen LogP contribution in [0.2, 0.25) is 0 Å². The first-order valence-corrected chi connectivity index (χ1v) is 6.16. The van der Waals surface area contributed by atoms with Gasteiger partial charge in [0.15, 0.2) is 0 Å². The smallest absolute Gasteiger partial charge is 0.236 e. The average Bonchev–Trinajstić information content (AvgIpc) is 2.22. The Hall–Kier alpha value is -1.39. The Bertz CT molecular complexity index is 450. The number of carbonyl (C=O) groups excluding carboxylic acids is 1. The van der Waals surface area contributed by atoms with Gasteiger partial charge in [0.1, 0.15) is 5.41 Å². The molecule has 0 radical (unpaired) electrons. The van der Waals surface area contributed by atoms with Crippen molar-refractivity contribution in [2.45, 2.75) is 20.8 Å². The molecule has 2 rings (SSSR count). The second-order valence-corrected chi connectivity index (χ2v) is 5.21. The van der Waals surface area contributed by atoms with Gasteiger partial charge < -0.3 is 15.8 Å². The zero-order valence-corrected chi connectivity index (χ0v) is 11.2. The molecule has 1 amide bonds. The van der Waals surface area contributed by atoms with E-state index in [4.69, 9.17) is 10.5 Å². The average molecular weight is 248 g/mol. The van der Waals surface area contributed by atoms with Gasteiger partial charge in [-0.05, 0) is 31.9 Å². The third-order valence-electron chi connectivity index (χ3n) is 3.54. The van der Waals surface area contributed by atoms with Crippen LogP contribution in [0.25, 0.3) is 0 Å². The van der Waals surface area contributed by atoms with Crippen LogP contribution >= 0.6 is 0 Å². The summed E-state index contributed by atoms with van der Waals surface area (Å²) in [6.45, 7) is 7.21. The number of nitrogens with one attached hydrogen (secondary N) is 1. The third-order valence-corrected chi connectivity index (χ3v) is 3.54. The van der Waals surface area contributed by atoms with Gasteiger partial charge in [0.2, 0.25) is 5.91 Å². The van der Waals surface area contributed by atoms with Crippen LogP contribution in [-0.4, -0.2) is 25.7 Å². The number of hydrogen-bond acceptors (Lipinski definition) is 3. The van der Waals surface area contributed by atoms with Crippen molar-refractivity contribution in [2.75, 3.05) is 25.1 Å². The van der Waals surface area contributed by atoms with Crippen molar-refractivity contribution < 1.29 is 9.53 Å². The van der Waals surface area contributed by atoms with Crippen LogP contribution in [0.3, 0.4) is 0 Å². The second kappa shape index (κ2) is 4.71. The molecule has 1 heterocycles. The van der Waals surface area contributed by atoms with Gasteiger partial charge in [-0.1, -0.05) is 17.7 Å². The second-order valence-electron chi connectivity index (χ2n) is 5.21. The predicted molar refractivity (Wildman–Crippen MR) is 71.6 cm³/mol. The molecule has 0 atom stereocenters. The molecule has 1 fully saturated rings. The summed E-state index contributed by atoms with van der Waals surface area (Å²) in [5.74, 6) is -0.0358. The van der Waals surface area contributed by atoms with Crippen LogP contribution in [0, 0.1) is 26.2 Å². The van der Waals surface area contributed by atoms with E-state index in [9.17, 15) is 4.79 Å². The largest absolute Gasteiger partial charge is 0.379 e. The van der Waals surface area contributed by atoms with Gasteiger partial charge in [-0.25, -0.2) is 0 Å². The number of rotatable bonds is 3. The lowest BCUT2D eigenvalue weighted by atomic mass is 9.85. The molecule has 98 valence electrons. The Morgan fingerprint density at radius 2 is 1.89 bits per heavy atom. The normalized spacial score (nSPS) is 17.1. The Kier molecular flexibility index (Phi) is 3.41. The minimum Gasteiger partial charge on any atom is -0.379 e. The van der Waals surface area contributed by atoms with Gasteiger partial charge in [0.25, 0.3) is 0 Å². The highest BCUT2D eigenvalue weighted by atomic mass is 16.5. The number of aryl methyl sites for hydroxylation is 3. The Labute approximate surface area is 108 Å². The minimum absolute atomic E-state index is 0.0358. The van der Waals surface area contributed by atoms with Crippen LogP contribution in [0.4, 0.5) is 5.69 Å². The van der Waals surface area contributed by atoms with E-state index in [0.717, 1.165) is 16.8 Å². The maximum atomic E-state index is 12.3. The zero-order chi connectivity index (χ0) is 13.3. The summed E-state index contributed by atoms with van der Waals surface area (Å²) in [5, 5.41) is 3.00. The molecule has 3 N–H and O–H groups in total. The summed E-state index contributed by atoms with van der Waals surface area (Å²) in [5.41, 5.74) is 9.39. The third kappa shape index (κ3) is 2.13. The number of nitrogens with two attached hydrogens (primary N) is 1. The molecule has 1 saturated heterocycles. The highest BCUT2D eigenvalue weighted by molar-refractivity contribution is 5.97. The van der Waals surface area contributed by atoms with Crippen molar-refractivity contribution in [1.29, 1.82) is 0 Å². The molecule has 0 bridgehead atoms. The first-order chi connectivity index (χ1) is 8.48. The van der Waals surface area contributed by atoms with E-state index < -0.39 is 5.41 Å². The lowest BCUT2D eigenvalue weighted by molar-refractivity contribution is -0.153. The van der Waals surface area contributed by atoms with Crippen molar-refractivity contribution in [3.05, 3.63) is 28.8 Å². The molecule has 1 aromatic carbocycles. The summed E-state index contributed by atoms with van der Waals surface area (Å²) >= 11 is 0. The number of anilines is 1. The van der Waals surface area contributed by atoms with Crippen LogP contribution < -0.4 is 11.1 Å². The number of benzene rings is 1. The molecule has 4 heteroatoms. The van der Waals surface area contributed by atoms with Gasteiger partial charge in [-0.3, -0.25) is 4.79 Å². The van der Waals surface area contributed by atoms with E-state index >= 15 is 0 Å². The van der Waals surface area contributed by atoms with E-state index in [2.05, 4.69) is 17.4 Å². The lowest BCUT2D eigenvalue weighted by Gasteiger charge is -2.38. The van der Waals surface area contributed by atoms with Crippen LogP contribution in [0.1, 0.15) is 16.7 Å². The highest BCUT2D eigenvalue weighted by Gasteiger charge is 2.44. The van der Waals surface area contributed by atoms with Crippen molar-refractivity contribution in [3.8, 4) is 0 Å². The minimum atomic E-state index is -0.538. The molecule has 0 aliphatic carbocycles. The summed E-state index contributed by atoms with van der Waals surface area (Å²) in [7, 11) is 0. The molecule has 0 unspecified atom stereocenters. The molecular formula is C14H20N2O2. The van der Waals surface area contributed by atoms with Crippen molar-refractivity contribution >= 4 is 11.6 Å². The standard InChI is InChI=1S/C14H20N2O2/c1-9-4-10(2)12(11(3)5-9)16-13(17)14(6-15)7-18-8-14/h4-5H,6-8,15H2,1-3H3,(H,16,17). The van der Waals surface area contributed by atoms with Crippen LogP contribution in [0.5, 0.6) is 0 Å². The fourth-order valence-electron chi connectivity index (χ4n) is 2.31. The first-order valence-electron chi connectivity index (χ1n) is 6.16. The van der Waals surface area contributed by atoms with E-state index in [-0.39, 0.29) is 5.91 Å². The fourth-order valence-corrected chi connectivity index (χ4v) is 2.31. The zero-order valence-electron chi connectivity index (χ0n) is 11.2. The van der Waals surface area contributed by atoms with Crippen molar-refractivity contribution in [3.63, 3.8) is 0 Å². The summed E-state index contributed by atoms with van der Waals surface area (Å²) in [6.07, 6.45) is 0. The summed E-state index contributed by atoms with van der Waals surface area (Å²) in [6, 6.07) is 4.13. The Morgan fingerprint density at radius 1 is 1.33 bits per heavy atom. The molecule has 1 aliphatic heterocycles. The maximum Gasteiger partial charge on any atom is 0.236 e. The van der Waals surface area contributed by atoms with Gasteiger partial charge in [0.05, 0.1) is 13.2 Å². The quantitative estimate of drug-likeness (QED) is 0.852. The first kappa shape index (κ1) is 13.1. The number of ether oxygens (including phenoxy) is 1. The molecule has 4 nitrogen and oxygen atoms in total. The Balaban J connectivity index is 2.22. The molecule has 18 heavy (non-hydrogen) atoms. The van der Waals surface area contributed by atoms with E-state index in [1.54, 1.807) is 0 Å². The predicted octanol–water partition coefficient (Wildman–Crippen LogP) is 1.53. The van der Waals surface area contributed by atoms with Gasteiger partial charge in [0, 0.05) is 12.2 Å². The number of amides is 1. The van der Waals surface area contributed by atoms with E-state index in [1.807, 2.05) is 20.8 Å². The van der Waals surface area contributed by atoms with Crippen molar-refractivity contribution in [2.24, 2.45) is 11.1 Å². The number of hydrogen-bond donors (Lipinski definition) is 2. The van der Waals surface area contributed by atoms with Crippen LogP contribution in [-0.2, 0) is 9.53 Å². The molecule has 0 aromatic heterocycles. The van der Waals surface area contributed by atoms with Gasteiger partial charge in [-0.2, -0.15) is 0 Å². The van der Waals surface area contributed by atoms with Crippen LogP contribution in [0.15, 0.2) is 12.1 Å². The topological polar surface area (TPSA) is 64.4 Å². The lowest BCUT2D eigenvalue weighted by Crippen LogP contribution is -2.56. The van der Waals surface area contributed by atoms with Gasteiger partial charge in [-0.15, -0.1) is 0 Å². The summed E-state index contributed by atoms with van der Waals surface area (Å²) < 4.78 is 5.13. The SMILES string of the molecule is Cc1cc(C)c(NC(=O)C2(CN)COC2)c(C)c1. The molecule has 0 saturated carbocycles. The van der Waals surface area contributed by atoms with E-state index in [1.165, 1.54) is 5.56 Å². The van der Waals surface area contributed by atoms with Gasteiger partial charge >= 0.3 is 0 Å². The van der Waals surface area contributed by atoms with E-state index in [0.29, 0.717) is 19.8 Å². The monoisotopic (exact) mass is 248 g/mol. The number of carbonyl (C=O) groups is 1. The summed E-state index contributed by atoms with van der Waals surface area (Å²) in [4.78, 5) is 12.3. The molecule has 0 spiro atoms. The molecular weight excluding hydrogens is 228 g/mol. The maximum absolute atomic E-state index is 12.3. The highest BCUT2D eigenvalue weighted by Crippen LogP contribution is 2.30. The van der Waals surface area contributed by atoms with Crippen molar-refractivity contribution in [1.82, 2.24) is 0 Å². The molecule has 1 aliphatic rings. The molecule has 1 aromatic rings.